The molecule has 0 saturated carbocycles. The fourth-order valence-electron chi connectivity index (χ4n) is 6.85. The van der Waals surface area contributed by atoms with Gasteiger partial charge in [0.15, 0.2) is 0 Å². The van der Waals surface area contributed by atoms with Crippen LogP contribution in [0.2, 0.25) is 0 Å². The molecule has 0 aliphatic carbocycles. The number of anilines is 2. The summed E-state index contributed by atoms with van der Waals surface area (Å²) in [7, 11) is 0. The molecule has 0 spiro atoms. The maximum atomic E-state index is 9.55. The molecule has 7 rings (SSSR count). The molecule has 0 amide bonds. The second-order valence-electron chi connectivity index (χ2n) is 11.2. The predicted octanol–water partition coefficient (Wildman–Crippen LogP) is 2.89. The molecule has 4 atom stereocenters. The molecule has 38 heavy (non-hydrogen) atoms. The second kappa shape index (κ2) is 9.83. The molecular formula is C30H34N6O2. The zero-order valence-electron chi connectivity index (χ0n) is 21.8. The van der Waals surface area contributed by atoms with Gasteiger partial charge in [0.25, 0.3) is 0 Å². The minimum atomic E-state index is 0.111. The van der Waals surface area contributed by atoms with E-state index in [0.29, 0.717) is 17.6 Å². The lowest BCUT2D eigenvalue weighted by molar-refractivity contribution is -0.0329. The number of nitriles is 1. The van der Waals surface area contributed by atoms with Gasteiger partial charge in [-0.2, -0.15) is 5.26 Å². The van der Waals surface area contributed by atoms with Gasteiger partial charge in [-0.05, 0) is 54.4 Å². The minimum absolute atomic E-state index is 0.111. The van der Waals surface area contributed by atoms with E-state index < -0.39 is 0 Å². The third kappa shape index (κ3) is 4.30. The maximum absolute atomic E-state index is 9.55. The Bertz CT molecular complexity index is 1370. The molecule has 2 bridgehead atoms. The Kier molecular flexibility index (Phi) is 6.17. The number of fused-ring (bicyclic) bond motifs is 4. The van der Waals surface area contributed by atoms with Gasteiger partial charge in [-0.15, -0.1) is 0 Å². The van der Waals surface area contributed by atoms with E-state index in [9.17, 15) is 5.26 Å². The molecule has 2 unspecified atom stereocenters. The summed E-state index contributed by atoms with van der Waals surface area (Å²) in [5, 5.41) is 14.1. The average molecular weight is 511 g/mol. The number of nitrogens with zero attached hydrogens (tertiary/aromatic N) is 5. The number of pyridine rings is 1. The van der Waals surface area contributed by atoms with Gasteiger partial charge in [-0.3, -0.25) is 9.88 Å². The molecule has 1 N–H and O–H groups in total. The van der Waals surface area contributed by atoms with Crippen LogP contribution in [0.1, 0.15) is 23.6 Å². The summed E-state index contributed by atoms with van der Waals surface area (Å²) in [6, 6.07) is 18.1. The average Bonchev–Trinajstić information content (AvgIpc) is 3.33. The SMILES string of the molecule is C[C@@H]1CN(c2ccc(C#N)c3ncccc23)C[C@H](CN2Cc3ccc(N4C5CNCC4COC5)cc3C2)O1. The molecule has 8 heteroatoms. The highest BCUT2D eigenvalue weighted by molar-refractivity contribution is 5.95. The second-order valence-corrected chi connectivity index (χ2v) is 11.2. The van der Waals surface area contributed by atoms with Crippen LogP contribution in [-0.4, -0.2) is 80.1 Å². The highest BCUT2D eigenvalue weighted by atomic mass is 16.5. The van der Waals surface area contributed by atoms with Crippen LogP contribution in [0, 0.1) is 11.3 Å². The van der Waals surface area contributed by atoms with Crippen LogP contribution in [0.25, 0.3) is 10.9 Å². The Labute approximate surface area is 223 Å². The third-order valence-corrected chi connectivity index (χ3v) is 8.44. The smallest absolute Gasteiger partial charge is 0.101 e. The lowest BCUT2D eigenvalue weighted by Gasteiger charge is -2.47. The van der Waals surface area contributed by atoms with Gasteiger partial charge < -0.3 is 24.6 Å². The molecule has 8 nitrogen and oxygen atoms in total. The standard InChI is InChI=1S/C30H34N6O2/c1-20-13-35(29-7-5-21(10-31)30-28(29)3-2-8-33-30)17-27(38-20)16-34-14-22-4-6-24(9-23(22)15-34)36-25-11-32-12-26(36)19-37-18-25/h2-9,20,25-27,32H,11-19H2,1H3/t20-,25?,26?,27+/m1/s1. The van der Waals surface area contributed by atoms with Gasteiger partial charge in [-0.1, -0.05) is 6.07 Å². The van der Waals surface area contributed by atoms with Gasteiger partial charge in [0, 0.05) is 68.8 Å². The molecule has 0 radical (unpaired) electrons. The van der Waals surface area contributed by atoms with Gasteiger partial charge in [0.1, 0.15) is 6.07 Å². The third-order valence-electron chi connectivity index (χ3n) is 8.44. The minimum Gasteiger partial charge on any atom is -0.377 e. The van der Waals surface area contributed by atoms with E-state index in [1.807, 2.05) is 12.1 Å². The van der Waals surface area contributed by atoms with Gasteiger partial charge in [0.05, 0.1) is 48.6 Å². The first-order valence-electron chi connectivity index (χ1n) is 13.8. The summed E-state index contributed by atoms with van der Waals surface area (Å²) in [5.41, 5.74) is 6.72. The fraction of sp³-hybridized carbons (Fsp3) is 0.467. The first-order valence-corrected chi connectivity index (χ1v) is 13.8. The molecule has 2 aromatic carbocycles. The van der Waals surface area contributed by atoms with Crippen LogP contribution < -0.4 is 15.1 Å². The number of piperazine rings is 1. The van der Waals surface area contributed by atoms with Crippen molar-refractivity contribution in [3.05, 3.63) is 65.4 Å². The van der Waals surface area contributed by atoms with Crippen molar-refractivity contribution in [2.45, 2.75) is 44.3 Å². The highest BCUT2D eigenvalue weighted by Crippen LogP contribution is 2.33. The lowest BCUT2D eigenvalue weighted by atomic mass is 10.0. The van der Waals surface area contributed by atoms with Crippen molar-refractivity contribution in [2.24, 2.45) is 0 Å². The topological polar surface area (TPSA) is 76.9 Å². The monoisotopic (exact) mass is 510 g/mol. The number of nitrogens with one attached hydrogen (secondary N) is 1. The maximum Gasteiger partial charge on any atom is 0.101 e. The van der Waals surface area contributed by atoms with Crippen molar-refractivity contribution < 1.29 is 9.47 Å². The largest absolute Gasteiger partial charge is 0.377 e. The molecule has 1 aromatic heterocycles. The van der Waals surface area contributed by atoms with Crippen LogP contribution in [0.3, 0.4) is 0 Å². The number of rotatable bonds is 4. The predicted molar refractivity (Wildman–Crippen MR) is 147 cm³/mol. The summed E-state index contributed by atoms with van der Waals surface area (Å²) >= 11 is 0. The van der Waals surface area contributed by atoms with Crippen molar-refractivity contribution in [1.82, 2.24) is 15.2 Å². The van der Waals surface area contributed by atoms with E-state index in [4.69, 9.17) is 9.47 Å². The Balaban J connectivity index is 1.07. The molecule has 3 fully saturated rings. The molecule has 4 aliphatic rings. The number of ether oxygens (including phenoxy) is 2. The Morgan fingerprint density at radius 1 is 1.05 bits per heavy atom. The van der Waals surface area contributed by atoms with E-state index in [2.05, 4.69) is 68.3 Å². The summed E-state index contributed by atoms with van der Waals surface area (Å²) in [5.74, 6) is 0. The quantitative estimate of drug-likeness (QED) is 0.574. The van der Waals surface area contributed by atoms with Gasteiger partial charge >= 0.3 is 0 Å². The summed E-state index contributed by atoms with van der Waals surface area (Å²) in [6.45, 7) is 10.2. The van der Waals surface area contributed by atoms with Crippen LogP contribution in [-0.2, 0) is 22.6 Å². The van der Waals surface area contributed by atoms with Crippen LogP contribution >= 0.6 is 0 Å². The van der Waals surface area contributed by atoms with Crippen LogP contribution in [0.5, 0.6) is 0 Å². The summed E-state index contributed by atoms with van der Waals surface area (Å²) < 4.78 is 12.3. The van der Waals surface area contributed by atoms with Crippen LogP contribution in [0.15, 0.2) is 48.7 Å². The zero-order chi connectivity index (χ0) is 25.6. The van der Waals surface area contributed by atoms with Gasteiger partial charge in [0.2, 0.25) is 0 Å². The van der Waals surface area contributed by atoms with Crippen LogP contribution in [0.4, 0.5) is 11.4 Å². The van der Waals surface area contributed by atoms with E-state index in [0.717, 1.165) is 75.6 Å². The fourth-order valence-corrected chi connectivity index (χ4v) is 6.85. The molecule has 3 saturated heterocycles. The lowest BCUT2D eigenvalue weighted by Crippen LogP contribution is -2.64. The van der Waals surface area contributed by atoms with Crippen molar-refractivity contribution in [3.63, 3.8) is 0 Å². The van der Waals surface area contributed by atoms with Crippen molar-refractivity contribution in [3.8, 4) is 6.07 Å². The Morgan fingerprint density at radius 2 is 1.89 bits per heavy atom. The first-order chi connectivity index (χ1) is 18.7. The molecule has 3 aromatic rings. The Morgan fingerprint density at radius 3 is 2.74 bits per heavy atom. The van der Waals surface area contributed by atoms with E-state index in [1.54, 1.807) is 6.20 Å². The summed E-state index contributed by atoms with van der Waals surface area (Å²) in [4.78, 5) is 12.0. The molecule has 196 valence electrons. The highest BCUT2D eigenvalue weighted by Gasteiger charge is 2.36. The van der Waals surface area contributed by atoms with E-state index in [-0.39, 0.29) is 12.2 Å². The van der Waals surface area contributed by atoms with Crippen molar-refractivity contribution >= 4 is 22.3 Å². The van der Waals surface area contributed by atoms with E-state index in [1.165, 1.54) is 16.8 Å². The van der Waals surface area contributed by atoms with Crippen molar-refractivity contribution in [2.75, 3.05) is 55.7 Å². The molecular weight excluding hydrogens is 476 g/mol. The van der Waals surface area contributed by atoms with Gasteiger partial charge in [-0.25, -0.2) is 0 Å². The van der Waals surface area contributed by atoms with E-state index >= 15 is 0 Å². The number of morpholine rings is 2. The number of hydrogen-bond acceptors (Lipinski definition) is 8. The number of benzene rings is 2. The molecule has 4 aliphatic heterocycles. The Hall–Kier alpha value is -3.22. The number of hydrogen-bond donors (Lipinski definition) is 1. The molecule has 5 heterocycles. The van der Waals surface area contributed by atoms with Crippen molar-refractivity contribution in [1.29, 1.82) is 5.26 Å². The first kappa shape index (κ1) is 23.9. The normalized spacial score (nSPS) is 27.4. The number of aromatic nitrogens is 1. The zero-order valence-corrected chi connectivity index (χ0v) is 21.8. The summed E-state index contributed by atoms with van der Waals surface area (Å²) in [6.07, 6.45) is 2.00.